The zero-order valence-electron chi connectivity index (χ0n) is 9.57. The number of hydrogen-bond acceptors (Lipinski definition) is 3. The fourth-order valence-electron chi connectivity index (χ4n) is 1.77. The molecule has 92 valence electrons. The van der Waals surface area contributed by atoms with Crippen LogP contribution in [0.3, 0.4) is 0 Å². The topological polar surface area (TPSA) is 75.6 Å². The number of hydrogen-bond donors (Lipinski definition) is 2. The van der Waals surface area contributed by atoms with E-state index in [9.17, 15) is 9.59 Å². The molecule has 2 unspecified atom stereocenters. The molecular weight excluding hydrogens is 210 g/mol. The van der Waals surface area contributed by atoms with Crippen molar-refractivity contribution in [3.63, 3.8) is 0 Å². The zero-order valence-corrected chi connectivity index (χ0v) is 9.57. The quantitative estimate of drug-likeness (QED) is 0.730. The third-order valence-electron chi connectivity index (χ3n) is 2.79. The predicted molar refractivity (Wildman–Crippen MR) is 58.0 cm³/mol. The van der Waals surface area contributed by atoms with Crippen LogP contribution in [0, 0.1) is 5.92 Å². The maximum Gasteiger partial charge on any atom is 0.305 e. The smallest absolute Gasteiger partial charge is 0.305 e. The average molecular weight is 229 g/mol. The largest absolute Gasteiger partial charge is 0.481 e. The normalized spacial score (nSPS) is 22.4. The van der Waals surface area contributed by atoms with Gasteiger partial charge >= 0.3 is 5.97 Å². The zero-order chi connectivity index (χ0) is 12.0. The molecule has 0 aromatic rings. The van der Waals surface area contributed by atoms with Gasteiger partial charge in [0.1, 0.15) is 0 Å². The fourth-order valence-corrected chi connectivity index (χ4v) is 1.77. The van der Waals surface area contributed by atoms with Crippen LogP contribution in [0.5, 0.6) is 0 Å². The van der Waals surface area contributed by atoms with Gasteiger partial charge < -0.3 is 15.2 Å². The lowest BCUT2D eigenvalue weighted by Crippen LogP contribution is -2.42. The number of carbonyl (C=O) groups is 2. The van der Waals surface area contributed by atoms with E-state index >= 15 is 0 Å². The highest BCUT2D eigenvalue weighted by atomic mass is 16.5. The van der Waals surface area contributed by atoms with Gasteiger partial charge in [0.05, 0.1) is 18.9 Å². The summed E-state index contributed by atoms with van der Waals surface area (Å²) in [7, 11) is 0. The molecule has 2 atom stereocenters. The van der Waals surface area contributed by atoms with Crippen molar-refractivity contribution in [2.75, 3.05) is 13.2 Å². The molecule has 1 aliphatic heterocycles. The standard InChI is InChI=1S/C11H19NO4/c1-2-9(6-10(13)14)12-11(15)8-4-3-5-16-7-8/h8-9H,2-7H2,1H3,(H,12,15)(H,13,14). The van der Waals surface area contributed by atoms with E-state index in [1.54, 1.807) is 0 Å². The monoisotopic (exact) mass is 229 g/mol. The number of nitrogens with one attached hydrogen (secondary N) is 1. The number of carboxylic acid groups (broad SMARTS) is 1. The molecule has 1 saturated heterocycles. The van der Waals surface area contributed by atoms with Crippen LogP contribution in [-0.4, -0.2) is 36.2 Å². The van der Waals surface area contributed by atoms with Gasteiger partial charge in [-0.2, -0.15) is 0 Å². The summed E-state index contributed by atoms with van der Waals surface area (Å²) in [6.45, 7) is 3.04. The number of rotatable bonds is 5. The van der Waals surface area contributed by atoms with Crippen LogP contribution in [-0.2, 0) is 14.3 Å². The molecule has 0 spiro atoms. The van der Waals surface area contributed by atoms with Crippen LogP contribution in [0.4, 0.5) is 0 Å². The van der Waals surface area contributed by atoms with E-state index in [1.807, 2.05) is 6.92 Å². The van der Waals surface area contributed by atoms with E-state index in [2.05, 4.69) is 5.32 Å². The molecule has 0 saturated carbocycles. The minimum Gasteiger partial charge on any atom is -0.481 e. The Kier molecular flexibility index (Phi) is 5.25. The molecule has 1 fully saturated rings. The number of amides is 1. The first kappa shape index (κ1) is 13.0. The lowest BCUT2D eigenvalue weighted by Gasteiger charge is -2.23. The molecule has 0 aromatic carbocycles. The van der Waals surface area contributed by atoms with Crippen LogP contribution >= 0.6 is 0 Å². The van der Waals surface area contributed by atoms with Gasteiger partial charge in [0.25, 0.3) is 0 Å². The van der Waals surface area contributed by atoms with Crippen LogP contribution in [0.15, 0.2) is 0 Å². The fraction of sp³-hybridized carbons (Fsp3) is 0.818. The second kappa shape index (κ2) is 6.48. The first-order valence-corrected chi connectivity index (χ1v) is 5.73. The highest BCUT2D eigenvalue weighted by molar-refractivity contribution is 5.80. The predicted octanol–water partition coefficient (Wildman–Crippen LogP) is 0.782. The molecular formula is C11H19NO4. The van der Waals surface area contributed by atoms with Crippen molar-refractivity contribution in [1.29, 1.82) is 0 Å². The van der Waals surface area contributed by atoms with Crippen LogP contribution in [0.2, 0.25) is 0 Å². The van der Waals surface area contributed by atoms with Gasteiger partial charge in [-0.25, -0.2) is 0 Å². The highest BCUT2D eigenvalue weighted by Crippen LogP contribution is 2.14. The average Bonchev–Trinajstić information content (AvgIpc) is 2.28. The van der Waals surface area contributed by atoms with Crippen molar-refractivity contribution in [1.82, 2.24) is 5.32 Å². The number of carboxylic acids is 1. The summed E-state index contributed by atoms with van der Waals surface area (Å²) >= 11 is 0. The molecule has 16 heavy (non-hydrogen) atoms. The summed E-state index contributed by atoms with van der Waals surface area (Å²) < 4.78 is 5.22. The number of ether oxygens (including phenoxy) is 1. The Morgan fingerprint density at radius 2 is 2.31 bits per heavy atom. The van der Waals surface area contributed by atoms with Crippen molar-refractivity contribution in [2.24, 2.45) is 5.92 Å². The van der Waals surface area contributed by atoms with E-state index in [0.29, 0.717) is 13.0 Å². The van der Waals surface area contributed by atoms with Gasteiger partial charge in [-0.1, -0.05) is 6.92 Å². The Morgan fingerprint density at radius 3 is 2.81 bits per heavy atom. The Morgan fingerprint density at radius 1 is 1.56 bits per heavy atom. The second-order valence-corrected chi connectivity index (χ2v) is 4.13. The van der Waals surface area contributed by atoms with E-state index in [-0.39, 0.29) is 24.3 Å². The minimum absolute atomic E-state index is 0.0180. The number of carbonyl (C=O) groups excluding carboxylic acids is 1. The van der Waals surface area contributed by atoms with Gasteiger partial charge in [0.15, 0.2) is 0 Å². The molecule has 5 heteroatoms. The third kappa shape index (κ3) is 4.18. The van der Waals surface area contributed by atoms with Crippen LogP contribution in [0.1, 0.15) is 32.6 Å². The van der Waals surface area contributed by atoms with Crippen molar-refractivity contribution >= 4 is 11.9 Å². The summed E-state index contributed by atoms with van der Waals surface area (Å²) in [5, 5.41) is 11.4. The molecule has 0 radical (unpaired) electrons. The molecule has 1 amide bonds. The van der Waals surface area contributed by atoms with E-state index < -0.39 is 5.97 Å². The van der Waals surface area contributed by atoms with Gasteiger partial charge in [-0.15, -0.1) is 0 Å². The number of aliphatic carboxylic acids is 1. The van der Waals surface area contributed by atoms with Gasteiger partial charge in [0, 0.05) is 12.6 Å². The lowest BCUT2D eigenvalue weighted by atomic mass is 10.0. The highest BCUT2D eigenvalue weighted by Gasteiger charge is 2.24. The van der Waals surface area contributed by atoms with Crippen LogP contribution < -0.4 is 5.32 Å². The van der Waals surface area contributed by atoms with Crippen molar-refractivity contribution in [3.8, 4) is 0 Å². The SMILES string of the molecule is CCC(CC(=O)O)NC(=O)C1CCCOC1. The summed E-state index contributed by atoms with van der Waals surface area (Å²) in [4.78, 5) is 22.3. The maximum absolute atomic E-state index is 11.8. The minimum atomic E-state index is -0.882. The first-order valence-electron chi connectivity index (χ1n) is 5.73. The summed E-state index contributed by atoms with van der Waals surface area (Å²) in [6.07, 6.45) is 2.34. The van der Waals surface area contributed by atoms with Crippen molar-refractivity contribution < 1.29 is 19.4 Å². The molecule has 0 aliphatic carbocycles. The first-order chi connectivity index (χ1) is 7.63. The van der Waals surface area contributed by atoms with Gasteiger partial charge in [-0.3, -0.25) is 9.59 Å². The van der Waals surface area contributed by atoms with Crippen LogP contribution in [0.25, 0.3) is 0 Å². The van der Waals surface area contributed by atoms with Gasteiger partial charge in [-0.05, 0) is 19.3 Å². The third-order valence-corrected chi connectivity index (χ3v) is 2.79. The Balaban J connectivity index is 2.38. The molecule has 2 N–H and O–H groups in total. The molecule has 0 aromatic heterocycles. The molecule has 5 nitrogen and oxygen atoms in total. The molecule has 0 bridgehead atoms. The molecule has 1 rings (SSSR count). The Hall–Kier alpha value is -1.10. The van der Waals surface area contributed by atoms with E-state index in [4.69, 9.17) is 9.84 Å². The maximum atomic E-state index is 11.8. The van der Waals surface area contributed by atoms with E-state index in [0.717, 1.165) is 19.4 Å². The van der Waals surface area contributed by atoms with Gasteiger partial charge in [0.2, 0.25) is 5.91 Å². The van der Waals surface area contributed by atoms with Crippen molar-refractivity contribution in [3.05, 3.63) is 0 Å². The second-order valence-electron chi connectivity index (χ2n) is 4.13. The van der Waals surface area contributed by atoms with E-state index in [1.165, 1.54) is 0 Å². The molecule has 1 aliphatic rings. The molecule has 1 heterocycles. The summed E-state index contributed by atoms with van der Waals surface area (Å²) in [6, 6.07) is -0.271. The summed E-state index contributed by atoms with van der Waals surface area (Å²) in [5.41, 5.74) is 0. The lowest BCUT2D eigenvalue weighted by molar-refractivity contribution is -0.138. The Bertz CT molecular complexity index is 248. The van der Waals surface area contributed by atoms with Crippen molar-refractivity contribution in [2.45, 2.75) is 38.6 Å². The Labute approximate surface area is 95.2 Å². The summed E-state index contributed by atoms with van der Waals surface area (Å²) in [5.74, 6) is -1.07.